The van der Waals surface area contributed by atoms with E-state index in [2.05, 4.69) is 0 Å². The monoisotopic (exact) mass is 644 g/mol. The van der Waals surface area contributed by atoms with Gasteiger partial charge in [0.25, 0.3) is 0 Å². The van der Waals surface area contributed by atoms with E-state index in [-0.39, 0.29) is 26.2 Å². The minimum absolute atomic E-state index is 0.0188. The van der Waals surface area contributed by atoms with Crippen molar-refractivity contribution in [1.29, 1.82) is 0 Å². The molecule has 2 aromatic carbocycles. The molecule has 256 valence electrons. The van der Waals surface area contributed by atoms with E-state index in [1.165, 1.54) is 9.80 Å². The predicted molar refractivity (Wildman–Crippen MR) is 175 cm³/mol. The summed E-state index contributed by atoms with van der Waals surface area (Å²) in [5, 5.41) is 0. The van der Waals surface area contributed by atoms with Crippen LogP contribution in [-0.4, -0.2) is 77.9 Å². The van der Waals surface area contributed by atoms with Gasteiger partial charge in [-0.05, 0) is 105 Å². The second-order valence-corrected chi connectivity index (χ2v) is 14.3. The highest BCUT2D eigenvalue weighted by Crippen LogP contribution is 2.24. The number of hydrogen-bond donors (Lipinski definition) is 0. The SMILES string of the molecule is COc1ccc(CN(CC(C)(C)OC(=O)OC(C)(C)CN(Cc2ccc(OC)cc2)C(=O)OC(C)(C)C)C(=O)OC(C)(C)C)cc1. The van der Waals surface area contributed by atoms with E-state index in [0.29, 0.717) is 11.5 Å². The van der Waals surface area contributed by atoms with Gasteiger partial charge in [0.05, 0.1) is 27.3 Å². The van der Waals surface area contributed by atoms with Crippen molar-refractivity contribution in [3.8, 4) is 11.5 Å². The smallest absolute Gasteiger partial charge is 0.497 e. The number of benzene rings is 2. The Kier molecular flexibility index (Phi) is 12.8. The quantitative estimate of drug-likeness (QED) is 0.170. The molecule has 0 unspecified atom stereocenters. The van der Waals surface area contributed by atoms with Crippen LogP contribution >= 0.6 is 0 Å². The number of methoxy groups -OCH3 is 2. The van der Waals surface area contributed by atoms with Gasteiger partial charge < -0.3 is 28.4 Å². The summed E-state index contributed by atoms with van der Waals surface area (Å²) in [6.07, 6.45) is -2.06. The molecule has 2 amide bonds. The molecule has 0 fully saturated rings. The maximum absolute atomic E-state index is 13.2. The lowest BCUT2D eigenvalue weighted by Crippen LogP contribution is -2.48. The first-order valence-corrected chi connectivity index (χ1v) is 15.2. The molecule has 0 atom stereocenters. The molecule has 0 aromatic heterocycles. The van der Waals surface area contributed by atoms with E-state index in [1.54, 1.807) is 108 Å². The van der Waals surface area contributed by atoms with Crippen LogP contribution in [0.5, 0.6) is 11.5 Å². The highest BCUT2D eigenvalue weighted by molar-refractivity contribution is 5.69. The molecule has 0 aliphatic rings. The average molecular weight is 645 g/mol. The molecule has 0 heterocycles. The van der Waals surface area contributed by atoms with Crippen molar-refractivity contribution in [1.82, 2.24) is 9.80 Å². The molecule has 0 aliphatic heterocycles. The molecule has 11 nitrogen and oxygen atoms in total. The normalized spacial score (nSPS) is 12.1. The van der Waals surface area contributed by atoms with Crippen LogP contribution in [0.15, 0.2) is 48.5 Å². The third kappa shape index (κ3) is 13.9. The van der Waals surface area contributed by atoms with Crippen molar-refractivity contribution in [2.24, 2.45) is 0 Å². The van der Waals surface area contributed by atoms with E-state index in [4.69, 9.17) is 28.4 Å². The summed E-state index contributed by atoms with van der Waals surface area (Å²) in [7, 11) is 3.16. The maximum Gasteiger partial charge on any atom is 0.509 e. The summed E-state index contributed by atoms with van der Waals surface area (Å²) in [4.78, 5) is 42.5. The Morgan fingerprint density at radius 3 is 1.09 bits per heavy atom. The molecule has 46 heavy (non-hydrogen) atoms. The average Bonchev–Trinajstić information content (AvgIpc) is 2.90. The van der Waals surface area contributed by atoms with Gasteiger partial charge in [-0.2, -0.15) is 0 Å². The van der Waals surface area contributed by atoms with Crippen molar-refractivity contribution < 1.29 is 42.8 Å². The summed E-state index contributed by atoms with van der Waals surface area (Å²) in [6, 6.07) is 14.6. The fraction of sp³-hybridized carbons (Fsp3) is 0.571. The highest BCUT2D eigenvalue weighted by Gasteiger charge is 2.36. The zero-order valence-corrected chi connectivity index (χ0v) is 29.5. The number of carbonyl (C=O) groups excluding carboxylic acids is 3. The number of ether oxygens (including phenoxy) is 6. The maximum atomic E-state index is 13.2. The summed E-state index contributed by atoms with van der Waals surface area (Å²) in [6.45, 7) is 17.9. The van der Waals surface area contributed by atoms with Crippen LogP contribution in [0, 0.1) is 0 Å². The molecular formula is C35H52N2O9. The van der Waals surface area contributed by atoms with Gasteiger partial charge in [-0.3, -0.25) is 9.80 Å². The Balaban J connectivity index is 2.17. The summed E-state index contributed by atoms with van der Waals surface area (Å²) >= 11 is 0. The predicted octanol–water partition coefficient (Wildman–Crippen LogP) is 7.59. The largest absolute Gasteiger partial charge is 0.509 e. The number of nitrogens with zero attached hydrogens (tertiary/aromatic N) is 2. The molecule has 0 radical (unpaired) electrons. The Morgan fingerprint density at radius 2 is 0.826 bits per heavy atom. The molecule has 0 bridgehead atoms. The van der Waals surface area contributed by atoms with Gasteiger partial charge in [0.1, 0.15) is 33.9 Å². The van der Waals surface area contributed by atoms with E-state index in [1.807, 2.05) is 24.3 Å². The minimum atomic E-state index is -1.16. The summed E-state index contributed by atoms with van der Waals surface area (Å²) < 4.78 is 33.3. The van der Waals surface area contributed by atoms with E-state index in [9.17, 15) is 14.4 Å². The van der Waals surface area contributed by atoms with Crippen molar-refractivity contribution in [2.45, 2.75) is 105 Å². The van der Waals surface area contributed by atoms with Crippen LogP contribution in [0.1, 0.15) is 80.4 Å². The number of carbonyl (C=O) groups is 3. The lowest BCUT2D eigenvalue weighted by molar-refractivity contribution is -0.0785. The Morgan fingerprint density at radius 1 is 0.522 bits per heavy atom. The summed E-state index contributed by atoms with van der Waals surface area (Å²) in [5.41, 5.74) is -2.10. The second kappa shape index (κ2) is 15.4. The van der Waals surface area contributed by atoms with E-state index >= 15 is 0 Å². The Hall–Kier alpha value is -4.15. The molecule has 0 saturated carbocycles. The first-order valence-electron chi connectivity index (χ1n) is 15.2. The zero-order valence-electron chi connectivity index (χ0n) is 29.5. The first-order chi connectivity index (χ1) is 21.1. The molecule has 0 aliphatic carbocycles. The Bertz CT molecular complexity index is 1190. The van der Waals surface area contributed by atoms with Gasteiger partial charge in [0, 0.05) is 13.1 Å². The lowest BCUT2D eigenvalue weighted by Gasteiger charge is -2.36. The zero-order chi connectivity index (χ0) is 34.9. The van der Waals surface area contributed by atoms with Crippen molar-refractivity contribution >= 4 is 18.3 Å². The van der Waals surface area contributed by atoms with Crippen molar-refractivity contribution in [3.63, 3.8) is 0 Å². The third-order valence-electron chi connectivity index (χ3n) is 6.23. The van der Waals surface area contributed by atoms with Crippen LogP contribution < -0.4 is 9.47 Å². The third-order valence-corrected chi connectivity index (χ3v) is 6.23. The van der Waals surface area contributed by atoms with Gasteiger partial charge in [0.15, 0.2) is 0 Å². The van der Waals surface area contributed by atoms with Crippen molar-refractivity contribution in [2.75, 3.05) is 27.3 Å². The standard InChI is InChI=1S/C35H52N2O9/c1-32(2,3)43-29(38)36(21-25-13-17-27(41-11)18-14-25)23-34(7,8)45-31(40)46-35(9,10)24-37(30(39)44-33(4,5)6)22-26-15-19-28(42-12)20-16-26/h13-20H,21-24H2,1-12H3. The fourth-order valence-corrected chi connectivity index (χ4v) is 4.38. The van der Waals surface area contributed by atoms with E-state index < -0.39 is 40.7 Å². The van der Waals surface area contributed by atoms with Crippen LogP contribution in [0.2, 0.25) is 0 Å². The van der Waals surface area contributed by atoms with Crippen LogP contribution in [0.3, 0.4) is 0 Å². The molecule has 2 aromatic rings. The van der Waals surface area contributed by atoms with Gasteiger partial charge >= 0.3 is 18.3 Å². The number of rotatable bonds is 12. The highest BCUT2D eigenvalue weighted by atomic mass is 16.7. The fourth-order valence-electron chi connectivity index (χ4n) is 4.38. The molecule has 0 N–H and O–H groups in total. The van der Waals surface area contributed by atoms with Gasteiger partial charge in [-0.1, -0.05) is 24.3 Å². The molecule has 0 spiro atoms. The Labute approximate surface area is 274 Å². The van der Waals surface area contributed by atoms with Crippen molar-refractivity contribution in [3.05, 3.63) is 59.7 Å². The van der Waals surface area contributed by atoms with Crippen LogP contribution in [0.25, 0.3) is 0 Å². The number of hydrogen-bond acceptors (Lipinski definition) is 9. The van der Waals surface area contributed by atoms with Gasteiger partial charge in [-0.25, -0.2) is 14.4 Å². The molecule has 0 saturated heterocycles. The van der Waals surface area contributed by atoms with Gasteiger partial charge in [0.2, 0.25) is 0 Å². The lowest BCUT2D eigenvalue weighted by atomic mass is 10.1. The molecule has 11 heteroatoms. The van der Waals surface area contributed by atoms with Gasteiger partial charge in [-0.15, -0.1) is 0 Å². The minimum Gasteiger partial charge on any atom is -0.497 e. The van der Waals surface area contributed by atoms with Crippen LogP contribution in [0.4, 0.5) is 14.4 Å². The van der Waals surface area contributed by atoms with E-state index in [0.717, 1.165) is 11.1 Å². The topological polar surface area (TPSA) is 113 Å². The second-order valence-electron chi connectivity index (χ2n) is 14.3. The molecule has 2 rings (SSSR count). The van der Waals surface area contributed by atoms with Crippen LogP contribution in [-0.2, 0) is 32.0 Å². The first kappa shape index (κ1) is 38.0. The summed E-state index contributed by atoms with van der Waals surface area (Å²) in [5.74, 6) is 1.38. The number of amides is 2. The molecular weight excluding hydrogens is 592 g/mol.